The van der Waals surface area contributed by atoms with Crippen LogP contribution in [0.4, 0.5) is 8.78 Å². The van der Waals surface area contributed by atoms with Gasteiger partial charge < -0.3 is 5.32 Å². The quantitative estimate of drug-likeness (QED) is 0.873. The first kappa shape index (κ1) is 14.3. The number of nitrogens with one attached hydrogen (secondary N) is 1. The van der Waals surface area contributed by atoms with Crippen LogP contribution in [0.5, 0.6) is 0 Å². The maximum absolute atomic E-state index is 13.4. The summed E-state index contributed by atoms with van der Waals surface area (Å²) in [5, 5.41) is 4.23. The van der Waals surface area contributed by atoms with Gasteiger partial charge in [-0.15, -0.1) is 0 Å². The zero-order valence-corrected chi connectivity index (χ0v) is 11.4. The molecule has 0 bridgehead atoms. The van der Waals surface area contributed by atoms with Gasteiger partial charge >= 0.3 is 0 Å². The lowest BCUT2D eigenvalue weighted by Gasteiger charge is -2.08. The van der Waals surface area contributed by atoms with E-state index in [0.717, 1.165) is 11.6 Å². The Morgan fingerprint density at radius 1 is 0.895 bits per heavy atom. The SMILES string of the molecule is Fc1ccc(CNCc2cc(Cl)ccc2Cl)c(F)c1. The molecule has 0 saturated heterocycles. The molecule has 0 heterocycles. The Labute approximate surface area is 120 Å². The Morgan fingerprint density at radius 2 is 1.63 bits per heavy atom. The predicted octanol–water partition coefficient (Wildman–Crippen LogP) is 4.56. The van der Waals surface area contributed by atoms with Gasteiger partial charge in [-0.1, -0.05) is 29.3 Å². The van der Waals surface area contributed by atoms with E-state index in [2.05, 4.69) is 5.32 Å². The molecule has 0 aliphatic heterocycles. The molecule has 0 aromatic heterocycles. The second kappa shape index (κ2) is 6.33. The highest BCUT2D eigenvalue weighted by molar-refractivity contribution is 6.33. The summed E-state index contributed by atoms with van der Waals surface area (Å²) >= 11 is 11.9. The van der Waals surface area contributed by atoms with Gasteiger partial charge in [-0.3, -0.25) is 0 Å². The topological polar surface area (TPSA) is 12.0 Å². The zero-order chi connectivity index (χ0) is 13.8. The molecule has 0 unspecified atom stereocenters. The van der Waals surface area contributed by atoms with E-state index in [0.29, 0.717) is 22.2 Å². The summed E-state index contributed by atoms with van der Waals surface area (Å²) in [5.74, 6) is -1.15. The van der Waals surface area contributed by atoms with Crippen molar-refractivity contribution >= 4 is 23.2 Å². The van der Waals surface area contributed by atoms with E-state index >= 15 is 0 Å². The Bertz CT molecular complexity index is 588. The van der Waals surface area contributed by atoms with Crippen molar-refractivity contribution in [3.63, 3.8) is 0 Å². The number of hydrogen-bond donors (Lipinski definition) is 1. The molecule has 1 nitrogen and oxygen atoms in total. The first-order valence-electron chi connectivity index (χ1n) is 5.65. The summed E-state index contributed by atoms with van der Waals surface area (Å²) in [6.45, 7) is 0.741. The molecule has 2 aromatic carbocycles. The zero-order valence-electron chi connectivity index (χ0n) is 9.89. The lowest BCUT2D eigenvalue weighted by atomic mass is 10.2. The van der Waals surface area contributed by atoms with E-state index in [1.807, 2.05) is 0 Å². The summed E-state index contributed by atoms with van der Waals surface area (Å²) in [6.07, 6.45) is 0. The van der Waals surface area contributed by atoms with E-state index < -0.39 is 11.6 Å². The van der Waals surface area contributed by atoms with Gasteiger partial charge in [-0.05, 0) is 29.8 Å². The summed E-state index contributed by atoms with van der Waals surface area (Å²) < 4.78 is 26.1. The molecule has 0 fully saturated rings. The van der Waals surface area contributed by atoms with Crippen LogP contribution in [-0.2, 0) is 13.1 Å². The molecule has 5 heteroatoms. The van der Waals surface area contributed by atoms with Gasteiger partial charge in [0.15, 0.2) is 0 Å². The van der Waals surface area contributed by atoms with Crippen LogP contribution in [0.25, 0.3) is 0 Å². The summed E-state index contributed by atoms with van der Waals surface area (Å²) in [5.41, 5.74) is 1.23. The lowest BCUT2D eigenvalue weighted by molar-refractivity contribution is 0.560. The van der Waals surface area contributed by atoms with E-state index in [1.54, 1.807) is 18.2 Å². The molecule has 0 saturated carbocycles. The molecule has 100 valence electrons. The van der Waals surface area contributed by atoms with Crippen LogP contribution in [-0.4, -0.2) is 0 Å². The molecule has 0 spiro atoms. The second-order valence-electron chi connectivity index (χ2n) is 4.08. The molecule has 2 aromatic rings. The van der Waals surface area contributed by atoms with Crippen LogP contribution in [0, 0.1) is 11.6 Å². The fraction of sp³-hybridized carbons (Fsp3) is 0.143. The normalized spacial score (nSPS) is 10.7. The minimum Gasteiger partial charge on any atom is -0.308 e. The standard InChI is InChI=1S/C14H11Cl2F2N/c15-11-2-4-13(16)10(5-11)8-19-7-9-1-3-12(17)6-14(9)18/h1-6,19H,7-8H2. The molecular formula is C14H11Cl2F2N. The Kier molecular flexibility index (Phi) is 4.75. The Balaban J connectivity index is 1.98. The van der Waals surface area contributed by atoms with Gasteiger partial charge in [0.25, 0.3) is 0 Å². The van der Waals surface area contributed by atoms with Gasteiger partial charge in [0, 0.05) is 34.8 Å². The van der Waals surface area contributed by atoms with Crippen molar-refractivity contribution in [2.75, 3.05) is 0 Å². The van der Waals surface area contributed by atoms with Crippen LogP contribution in [0.15, 0.2) is 36.4 Å². The van der Waals surface area contributed by atoms with Crippen molar-refractivity contribution < 1.29 is 8.78 Å². The number of halogens is 4. The molecule has 2 rings (SSSR count). The van der Waals surface area contributed by atoms with E-state index in [1.165, 1.54) is 12.1 Å². The minimum absolute atomic E-state index is 0.287. The maximum Gasteiger partial charge on any atom is 0.130 e. The molecule has 0 aliphatic rings. The van der Waals surface area contributed by atoms with Gasteiger partial charge in [0.2, 0.25) is 0 Å². The highest BCUT2D eigenvalue weighted by Crippen LogP contribution is 2.20. The number of rotatable bonds is 4. The van der Waals surface area contributed by atoms with Crippen LogP contribution in [0.3, 0.4) is 0 Å². The monoisotopic (exact) mass is 301 g/mol. The van der Waals surface area contributed by atoms with Gasteiger partial charge in [-0.25, -0.2) is 8.78 Å². The fourth-order valence-electron chi connectivity index (χ4n) is 1.68. The van der Waals surface area contributed by atoms with Crippen LogP contribution in [0.1, 0.15) is 11.1 Å². The van der Waals surface area contributed by atoms with Crippen molar-refractivity contribution in [3.8, 4) is 0 Å². The third kappa shape index (κ3) is 3.90. The average Bonchev–Trinajstić information content (AvgIpc) is 2.36. The summed E-state index contributed by atoms with van der Waals surface area (Å²) in [6, 6.07) is 8.66. The van der Waals surface area contributed by atoms with Crippen LogP contribution in [0.2, 0.25) is 10.0 Å². The maximum atomic E-state index is 13.4. The third-order valence-electron chi connectivity index (χ3n) is 2.65. The molecule has 0 amide bonds. The van der Waals surface area contributed by atoms with Gasteiger partial charge in [-0.2, -0.15) is 0 Å². The van der Waals surface area contributed by atoms with E-state index in [-0.39, 0.29) is 6.54 Å². The number of hydrogen-bond acceptors (Lipinski definition) is 1. The smallest absolute Gasteiger partial charge is 0.130 e. The van der Waals surface area contributed by atoms with Crippen molar-refractivity contribution in [2.45, 2.75) is 13.1 Å². The Hall–Kier alpha value is -1.16. The molecule has 0 atom stereocenters. The highest BCUT2D eigenvalue weighted by Gasteiger charge is 2.05. The van der Waals surface area contributed by atoms with Crippen molar-refractivity contribution in [3.05, 3.63) is 69.2 Å². The fourth-order valence-corrected chi connectivity index (χ4v) is 2.05. The molecular weight excluding hydrogens is 291 g/mol. The average molecular weight is 302 g/mol. The predicted molar refractivity (Wildman–Crippen MR) is 73.4 cm³/mol. The van der Waals surface area contributed by atoms with Crippen molar-refractivity contribution in [1.82, 2.24) is 5.32 Å². The molecule has 0 aliphatic carbocycles. The molecule has 1 N–H and O–H groups in total. The first-order chi connectivity index (χ1) is 9.06. The summed E-state index contributed by atoms with van der Waals surface area (Å²) in [7, 11) is 0. The second-order valence-corrected chi connectivity index (χ2v) is 4.92. The largest absolute Gasteiger partial charge is 0.308 e. The third-order valence-corrected chi connectivity index (χ3v) is 3.26. The molecule has 0 radical (unpaired) electrons. The van der Waals surface area contributed by atoms with E-state index in [9.17, 15) is 8.78 Å². The van der Waals surface area contributed by atoms with Gasteiger partial charge in [0.05, 0.1) is 0 Å². The van der Waals surface area contributed by atoms with Crippen LogP contribution < -0.4 is 5.32 Å². The van der Waals surface area contributed by atoms with Crippen molar-refractivity contribution in [1.29, 1.82) is 0 Å². The minimum atomic E-state index is -0.584. The molecule has 19 heavy (non-hydrogen) atoms. The lowest BCUT2D eigenvalue weighted by Crippen LogP contribution is -2.14. The van der Waals surface area contributed by atoms with Crippen LogP contribution >= 0.6 is 23.2 Å². The highest BCUT2D eigenvalue weighted by atomic mass is 35.5. The first-order valence-corrected chi connectivity index (χ1v) is 6.40. The summed E-state index contributed by atoms with van der Waals surface area (Å²) in [4.78, 5) is 0. The Morgan fingerprint density at radius 3 is 2.37 bits per heavy atom. The van der Waals surface area contributed by atoms with Gasteiger partial charge in [0.1, 0.15) is 11.6 Å². The van der Waals surface area contributed by atoms with E-state index in [4.69, 9.17) is 23.2 Å². The van der Waals surface area contributed by atoms with Crippen molar-refractivity contribution in [2.24, 2.45) is 0 Å². The number of benzene rings is 2.